The number of benzene rings is 2. The summed E-state index contributed by atoms with van der Waals surface area (Å²) in [4.78, 5) is 4.07. The van der Waals surface area contributed by atoms with Crippen LogP contribution in [-0.2, 0) is 6.54 Å². The van der Waals surface area contributed by atoms with Crippen molar-refractivity contribution in [1.82, 2.24) is 15.2 Å². The molecule has 0 amide bonds. The van der Waals surface area contributed by atoms with Gasteiger partial charge in [0.25, 0.3) is 0 Å². The Hall–Kier alpha value is -3.47. The Morgan fingerprint density at radius 3 is 2.52 bits per heavy atom. The van der Waals surface area contributed by atoms with Gasteiger partial charge in [-0.3, -0.25) is 4.98 Å². The van der Waals surface area contributed by atoms with E-state index in [-0.39, 0.29) is 0 Å². The molecule has 0 aliphatic carbocycles. The molecule has 2 aromatic heterocycles. The molecule has 0 saturated heterocycles. The third-order valence-electron chi connectivity index (χ3n) is 3.91. The van der Waals surface area contributed by atoms with Gasteiger partial charge < -0.3 is 9.73 Å². The topological polar surface area (TPSA) is 63.8 Å². The first-order valence-electron chi connectivity index (χ1n) is 7.98. The highest BCUT2D eigenvalue weighted by Gasteiger charge is 2.04. The lowest BCUT2D eigenvalue weighted by Crippen LogP contribution is -1.99. The van der Waals surface area contributed by atoms with Crippen molar-refractivity contribution in [2.45, 2.75) is 6.54 Å². The summed E-state index contributed by atoms with van der Waals surface area (Å²) in [6.07, 6.45) is 4.95. The molecule has 0 bridgehead atoms. The van der Waals surface area contributed by atoms with E-state index in [1.54, 1.807) is 0 Å². The van der Waals surface area contributed by atoms with Gasteiger partial charge in [-0.15, -0.1) is 10.2 Å². The average molecular weight is 328 g/mol. The molecule has 0 unspecified atom stereocenters. The number of hydrogen-bond acceptors (Lipinski definition) is 5. The van der Waals surface area contributed by atoms with E-state index in [1.807, 2.05) is 48.8 Å². The van der Waals surface area contributed by atoms with Crippen LogP contribution < -0.4 is 5.32 Å². The summed E-state index contributed by atoms with van der Waals surface area (Å²) in [5, 5.41) is 11.1. The molecule has 122 valence electrons. The maximum Gasteiger partial charge on any atom is 0.247 e. The molecule has 5 nitrogen and oxygen atoms in total. The van der Waals surface area contributed by atoms with Gasteiger partial charge in [-0.1, -0.05) is 24.3 Å². The summed E-state index contributed by atoms with van der Waals surface area (Å²) in [7, 11) is 0. The molecule has 4 rings (SSSR count). The summed E-state index contributed by atoms with van der Waals surface area (Å²) < 4.78 is 5.25. The minimum atomic E-state index is 0.517. The van der Waals surface area contributed by atoms with Crippen molar-refractivity contribution in [3.63, 3.8) is 0 Å². The SMILES string of the molecule is c1cc(CNc2cccc(-c3nnco3)c2)cc(-c2ccncc2)c1. The molecule has 2 aromatic carbocycles. The lowest BCUT2D eigenvalue weighted by Gasteiger charge is -2.09. The second-order valence-corrected chi connectivity index (χ2v) is 5.61. The zero-order valence-corrected chi connectivity index (χ0v) is 13.5. The van der Waals surface area contributed by atoms with E-state index in [0.717, 1.165) is 23.4 Å². The lowest BCUT2D eigenvalue weighted by molar-refractivity contribution is 0.568. The second kappa shape index (κ2) is 6.97. The van der Waals surface area contributed by atoms with Crippen molar-refractivity contribution < 1.29 is 4.42 Å². The Kier molecular flexibility index (Phi) is 4.20. The fourth-order valence-electron chi connectivity index (χ4n) is 2.67. The van der Waals surface area contributed by atoms with Crippen molar-refractivity contribution >= 4 is 5.69 Å². The fourth-order valence-corrected chi connectivity index (χ4v) is 2.67. The number of nitrogens with one attached hydrogen (secondary N) is 1. The first-order chi connectivity index (χ1) is 12.4. The quantitative estimate of drug-likeness (QED) is 0.588. The van der Waals surface area contributed by atoms with Crippen LogP contribution in [0.15, 0.2) is 83.9 Å². The van der Waals surface area contributed by atoms with Crippen molar-refractivity contribution in [1.29, 1.82) is 0 Å². The van der Waals surface area contributed by atoms with Gasteiger partial charge in [-0.05, 0) is 53.1 Å². The summed E-state index contributed by atoms with van der Waals surface area (Å²) >= 11 is 0. The Balaban J connectivity index is 1.50. The number of pyridine rings is 1. The number of aromatic nitrogens is 3. The second-order valence-electron chi connectivity index (χ2n) is 5.61. The van der Waals surface area contributed by atoms with E-state index in [4.69, 9.17) is 4.42 Å². The average Bonchev–Trinajstić information content (AvgIpc) is 3.23. The van der Waals surface area contributed by atoms with Crippen molar-refractivity contribution in [3.05, 3.63) is 85.0 Å². The molecular formula is C20H16N4O. The van der Waals surface area contributed by atoms with Gasteiger partial charge >= 0.3 is 0 Å². The van der Waals surface area contributed by atoms with Crippen molar-refractivity contribution in [3.8, 4) is 22.6 Å². The van der Waals surface area contributed by atoms with Crippen LogP contribution in [0.2, 0.25) is 0 Å². The highest BCUT2D eigenvalue weighted by Crippen LogP contribution is 2.22. The first-order valence-corrected chi connectivity index (χ1v) is 7.98. The van der Waals surface area contributed by atoms with Crippen LogP contribution >= 0.6 is 0 Å². The summed E-state index contributed by atoms with van der Waals surface area (Å²) in [5.41, 5.74) is 5.45. The van der Waals surface area contributed by atoms with Crippen LogP contribution in [-0.4, -0.2) is 15.2 Å². The van der Waals surface area contributed by atoms with E-state index >= 15 is 0 Å². The van der Waals surface area contributed by atoms with E-state index in [9.17, 15) is 0 Å². The van der Waals surface area contributed by atoms with Gasteiger partial charge in [-0.25, -0.2) is 0 Å². The molecule has 0 fully saturated rings. The fraction of sp³-hybridized carbons (Fsp3) is 0.0500. The molecule has 0 saturated carbocycles. The number of anilines is 1. The largest absolute Gasteiger partial charge is 0.423 e. The van der Waals surface area contributed by atoms with Crippen LogP contribution in [0, 0.1) is 0 Å². The monoisotopic (exact) mass is 328 g/mol. The predicted molar refractivity (Wildman–Crippen MR) is 96.7 cm³/mol. The van der Waals surface area contributed by atoms with Gasteiger partial charge in [0.15, 0.2) is 0 Å². The zero-order chi connectivity index (χ0) is 16.9. The van der Waals surface area contributed by atoms with Crippen LogP contribution in [0.3, 0.4) is 0 Å². The van der Waals surface area contributed by atoms with Gasteiger partial charge in [0.2, 0.25) is 12.3 Å². The standard InChI is InChI=1S/C20H16N4O/c1-3-15(11-17(4-1)16-7-9-21-10-8-16)13-22-19-6-2-5-18(12-19)20-24-23-14-25-20/h1-12,14,22H,13H2. The third kappa shape index (κ3) is 3.55. The molecule has 2 heterocycles. The van der Waals surface area contributed by atoms with Crippen LogP contribution in [0.5, 0.6) is 0 Å². The van der Waals surface area contributed by atoms with Gasteiger partial charge in [0.1, 0.15) is 0 Å². The van der Waals surface area contributed by atoms with Gasteiger partial charge in [0, 0.05) is 30.2 Å². The molecule has 0 atom stereocenters. The molecule has 0 radical (unpaired) electrons. The van der Waals surface area contributed by atoms with E-state index in [2.05, 4.69) is 44.8 Å². The van der Waals surface area contributed by atoms with Crippen LogP contribution in [0.25, 0.3) is 22.6 Å². The van der Waals surface area contributed by atoms with Crippen LogP contribution in [0.1, 0.15) is 5.56 Å². The first kappa shape index (κ1) is 15.1. The number of rotatable bonds is 5. The number of hydrogen-bond donors (Lipinski definition) is 1. The third-order valence-corrected chi connectivity index (χ3v) is 3.91. The Morgan fingerprint density at radius 1 is 0.840 bits per heavy atom. The molecule has 25 heavy (non-hydrogen) atoms. The molecule has 0 spiro atoms. The summed E-state index contributed by atoms with van der Waals surface area (Å²) in [6.45, 7) is 0.728. The summed E-state index contributed by atoms with van der Waals surface area (Å²) in [5.74, 6) is 0.517. The minimum absolute atomic E-state index is 0.517. The highest BCUT2D eigenvalue weighted by molar-refractivity contribution is 5.64. The maximum absolute atomic E-state index is 5.25. The minimum Gasteiger partial charge on any atom is -0.423 e. The van der Waals surface area contributed by atoms with E-state index < -0.39 is 0 Å². The van der Waals surface area contributed by atoms with Gasteiger partial charge in [0.05, 0.1) is 0 Å². The Labute approximate surface area is 145 Å². The van der Waals surface area contributed by atoms with Crippen molar-refractivity contribution in [2.24, 2.45) is 0 Å². The Bertz CT molecular complexity index is 952. The van der Waals surface area contributed by atoms with E-state index in [1.165, 1.54) is 17.5 Å². The maximum atomic E-state index is 5.25. The van der Waals surface area contributed by atoms with Gasteiger partial charge in [-0.2, -0.15) is 0 Å². The van der Waals surface area contributed by atoms with E-state index in [0.29, 0.717) is 5.89 Å². The Morgan fingerprint density at radius 2 is 1.68 bits per heavy atom. The number of nitrogens with zero attached hydrogens (tertiary/aromatic N) is 3. The molecule has 5 heteroatoms. The molecular weight excluding hydrogens is 312 g/mol. The predicted octanol–water partition coefficient (Wildman–Crippen LogP) is 4.41. The smallest absolute Gasteiger partial charge is 0.247 e. The summed E-state index contributed by atoms with van der Waals surface area (Å²) in [6, 6.07) is 20.4. The molecule has 0 aliphatic heterocycles. The molecule has 1 N–H and O–H groups in total. The van der Waals surface area contributed by atoms with Crippen molar-refractivity contribution in [2.75, 3.05) is 5.32 Å². The van der Waals surface area contributed by atoms with Crippen LogP contribution in [0.4, 0.5) is 5.69 Å². The highest BCUT2D eigenvalue weighted by atomic mass is 16.4. The molecule has 0 aliphatic rings. The molecule has 4 aromatic rings. The zero-order valence-electron chi connectivity index (χ0n) is 13.5. The normalized spacial score (nSPS) is 10.6. The lowest BCUT2D eigenvalue weighted by atomic mass is 10.0.